The summed E-state index contributed by atoms with van der Waals surface area (Å²) in [4.78, 5) is 31.9. The van der Waals surface area contributed by atoms with Gasteiger partial charge in [-0.05, 0) is 96.1 Å². The summed E-state index contributed by atoms with van der Waals surface area (Å²) in [6.07, 6.45) is 3.44. The van der Waals surface area contributed by atoms with Crippen molar-refractivity contribution in [3.8, 4) is 22.6 Å². The smallest absolute Gasteiger partial charge is 0.255 e. The Hall–Kier alpha value is -5.50. The van der Waals surface area contributed by atoms with E-state index in [2.05, 4.69) is 27.8 Å². The van der Waals surface area contributed by atoms with Crippen molar-refractivity contribution >= 4 is 11.8 Å². The minimum absolute atomic E-state index is 0.205. The molecule has 4 aromatic carbocycles. The first-order chi connectivity index (χ1) is 23.3. The first-order valence-corrected chi connectivity index (χ1v) is 16.2. The molecule has 1 saturated carbocycles. The molecular weight excluding hydrogens is 605 g/mol. The molecule has 242 valence electrons. The van der Waals surface area contributed by atoms with Crippen LogP contribution in [-0.2, 0) is 16.8 Å². The van der Waals surface area contributed by atoms with Crippen LogP contribution in [0, 0.1) is 12.7 Å². The molecule has 1 aliphatic carbocycles. The number of ether oxygens (including phenoxy) is 2. The number of hydrogen-bond donors (Lipinski definition) is 2. The van der Waals surface area contributed by atoms with E-state index in [4.69, 9.17) is 9.47 Å². The molecule has 7 rings (SSSR count). The minimum Gasteiger partial charge on any atom is -0.492 e. The van der Waals surface area contributed by atoms with Gasteiger partial charge in [0.1, 0.15) is 29.3 Å². The van der Waals surface area contributed by atoms with E-state index in [0.717, 1.165) is 46.4 Å². The maximum absolute atomic E-state index is 14.1. The number of likely N-dealkylation sites (N-methyl/N-ethyl adjacent to an activating group) is 1. The Kier molecular flexibility index (Phi) is 8.40. The van der Waals surface area contributed by atoms with Crippen molar-refractivity contribution in [3.63, 3.8) is 0 Å². The standard InChI is InChI=1S/C40H36FN3O4/c1-25-22-34(47-21-17-26-8-4-3-5-9-26)32(38(45)44-40(18-19-40)35-10-6-7-20-43-35)24-30(25)28-13-16-33-31(23-28)36(39(46)42-2)37(48-33)27-11-14-29(41)15-12-27/h3-16,20,22-24,36-37H,17-19,21H2,1-2H3,(H,42,46)(H,44,45). The van der Waals surface area contributed by atoms with Crippen LogP contribution in [0.25, 0.3) is 11.1 Å². The van der Waals surface area contributed by atoms with Gasteiger partial charge in [-0.15, -0.1) is 0 Å². The Bertz CT molecular complexity index is 1960. The van der Waals surface area contributed by atoms with Crippen LogP contribution in [-0.4, -0.2) is 30.5 Å². The number of carbonyl (C=O) groups is 2. The summed E-state index contributed by atoms with van der Waals surface area (Å²) in [6, 6.07) is 31.4. The molecular formula is C40H36FN3O4. The number of aryl methyl sites for hydroxylation is 1. The second kappa shape index (κ2) is 13.0. The van der Waals surface area contributed by atoms with Crippen molar-refractivity contribution in [3.05, 3.63) is 149 Å². The summed E-state index contributed by atoms with van der Waals surface area (Å²) in [6.45, 7) is 2.39. The zero-order valence-electron chi connectivity index (χ0n) is 26.8. The van der Waals surface area contributed by atoms with Crippen molar-refractivity contribution in [2.75, 3.05) is 13.7 Å². The number of nitrogens with one attached hydrogen (secondary N) is 2. The second-order valence-corrected chi connectivity index (χ2v) is 12.4. The van der Waals surface area contributed by atoms with Crippen molar-refractivity contribution in [1.29, 1.82) is 0 Å². The van der Waals surface area contributed by atoms with E-state index in [1.54, 1.807) is 25.4 Å². The first kappa shape index (κ1) is 31.1. The van der Waals surface area contributed by atoms with Gasteiger partial charge in [-0.25, -0.2) is 4.39 Å². The van der Waals surface area contributed by atoms with E-state index in [0.29, 0.717) is 35.7 Å². The highest BCUT2D eigenvalue weighted by molar-refractivity contribution is 5.99. The van der Waals surface area contributed by atoms with Gasteiger partial charge in [-0.1, -0.05) is 54.6 Å². The molecule has 0 spiro atoms. The summed E-state index contributed by atoms with van der Waals surface area (Å²) in [5.41, 5.74) is 5.92. The van der Waals surface area contributed by atoms with Crippen molar-refractivity contribution < 1.29 is 23.5 Å². The molecule has 2 heterocycles. The van der Waals surface area contributed by atoms with E-state index in [1.807, 2.05) is 73.7 Å². The lowest BCUT2D eigenvalue weighted by Crippen LogP contribution is -2.35. The Balaban J connectivity index is 1.24. The maximum Gasteiger partial charge on any atom is 0.255 e. The van der Waals surface area contributed by atoms with Crippen molar-refractivity contribution in [2.45, 2.75) is 43.7 Å². The molecule has 8 heteroatoms. The highest BCUT2D eigenvalue weighted by atomic mass is 19.1. The molecule has 2 N–H and O–H groups in total. The van der Waals surface area contributed by atoms with Gasteiger partial charge in [0.05, 0.1) is 23.4 Å². The molecule has 1 fully saturated rings. The van der Waals surface area contributed by atoms with E-state index < -0.39 is 17.6 Å². The third kappa shape index (κ3) is 6.13. The molecule has 0 radical (unpaired) electrons. The molecule has 2 amide bonds. The number of hydrogen-bond acceptors (Lipinski definition) is 5. The molecule has 1 aliphatic heterocycles. The van der Waals surface area contributed by atoms with Gasteiger partial charge >= 0.3 is 0 Å². The highest BCUT2D eigenvalue weighted by Crippen LogP contribution is 2.48. The Morgan fingerprint density at radius 3 is 2.44 bits per heavy atom. The van der Waals surface area contributed by atoms with Gasteiger partial charge in [0.25, 0.3) is 5.91 Å². The zero-order valence-corrected chi connectivity index (χ0v) is 26.8. The van der Waals surface area contributed by atoms with Crippen LogP contribution in [0.1, 0.15) is 63.2 Å². The van der Waals surface area contributed by atoms with Crippen LogP contribution >= 0.6 is 0 Å². The molecule has 7 nitrogen and oxygen atoms in total. The second-order valence-electron chi connectivity index (χ2n) is 12.4. The van der Waals surface area contributed by atoms with Crippen LogP contribution in [0.3, 0.4) is 0 Å². The molecule has 1 aromatic heterocycles. The van der Waals surface area contributed by atoms with Crippen molar-refractivity contribution in [1.82, 2.24) is 15.6 Å². The average Bonchev–Trinajstić information content (AvgIpc) is 3.80. The number of fused-ring (bicyclic) bond motifs is 1. The van der Waals surface area contributed by atoms with Gasteiger partial charge in [0.2, 0.25) is 5.91 Å². The van der Waals surface area contributed by atoms with E-state index in [9.17, 15) is 14.0 Å². The molecule has 2 aliphatic rings. The predicted octanol–water partition coefficient (Wildman–Crippen LogP) is 7.20. The third-order valence-electron chi connectivity index (χ3n) is 9.26. The molecule has 5 aromatic rings. The van der Waals surface area contributed by atoms with Crippen LogP contribution in [0.4, 0.5) is 4.39 Å². The number of pyridine rings is 1. The Morgan fingerprint density at radius 2 is 1.73 bits per heavy atom. The van der Waals surface area contributed by atoms with Crippen LogP contribution in [0.2, 0.25) is 0 Å². The Labute approximate surface area is 279 Å². The summed E-state index contributed by atoms with van der Waals surface area (Å²) in [5, 5.41) is 6.03. The average molecular weight is 642 g/mol. The predicted molar refractivity (Wildman–Crippen MR) is 181 cm³/mol. The minimum atomic E-state index is -0.646. The van der Waals surface area contributed by atoms with Crippen molar-refractivity contribution in [2.24, 2.45) is 0 Å². The monoisotopic (exact) mass is 641 g/mol. The van der Waals surface area contributed by atoms with E-state index in [-0.39, 0.29) is 17.6 Å². The summed E-state index contributed by atoms with van der Waals surface area (Å²) < 4.78 is 26.3. The fourth-order valence-electron chi connectivity index (χ4n) is 6.49. The van der Waals surface area contributed by atoms with Crippen LogP contribution in [0.5, 0.6) is 11.5 Å². The number of aromatic nitrogens is 1. The number of benzene rings is 4. The zero-order chi connectivity index (χ0) is 33.3. The molecule has 2 atom stereocenters. The lowest BCUT2D eigenvalue weighted by molar-refractivity contribution is -0.123. The number of rotatable bonds is 10. The van der Waals surface area contributed by atoms with E-state index in [1.165, 1.54) is 12.1 Å². The van der Waals surface area contributed by atoms with Crippen LogP contribution < -0.4 is 20.1 Å². The quantitative estimate of drug-likeness (QED) is 0.168. The lowest BCUT2D eigenvalue weighted by Gasteiger charge is -2.20. The SMILES string of the molecule is CNC(=O)C1c2cc(-c3cc(C(=O)NC4(c5ccccn5)CC4)c(OCCc4ccccc4)cc3C)ccc2OC1c1ccc(F)cc1. The van der Waals surface area contributed by atoms with Gasteiger partial charge in [0, 0.05) is 25.2 Å². The van der Waals surface area contributed by atoms with Gasteiger partial charge < -0.3 is 20.1 Å². The van der Waals surface area contributed by atoms with Gasteiger partial charge in [-0.2, -0.15) is 0 Å². The third-order valence-corrected chi connectivity index (χ3v) is 9.26. The van der Waals surface area contributed by atoms with Crippen LogP contribution in [0.15, 0.2) is 109 Å². The highest BCUT2D eigenvalue weighted by Gasteiger charge is 2.47. The van der Waals surface area contributed by atoms with E-state index >= 15 is 0 Å². The van der Waals surface area contributed by atoms with Gasteiger partial charge in [0.15, 0.2) is 0 Å². The fourth-order valence-corrected chi connectivity index (χ4v) is 6.49. The number of carbonyl (C=O) groups excluding carboxylic acids is 2. The maximum atomic E-state index is 14.1. The Morgan fingerprint density at radius 1 is 0.958 bits per heavy atom. The number of halogens is 1. The normalized spacial score (nSPS) is 17.1. The summed E-state index contributed by atoms with van der Waals surface area (Å²) in [7, 11) is 1.59. The lowest BCUT2D eigenvalue weighted by atomic mass is 9.88. The molecule has 2 unspecified atom stereocenters. The number of amides is 2. The number of nitrogens with zero attached hydrogens (tertiary/aromatic N) is 1. The fraction of sp³-hybridized carbons (Fsp3) is 0.225. The summed E-state index contributed by atoms with van der Waals surface area (Å²) >= 11 is 0. The molecule has 0 saturated heterocycles. The molecule has 48 heavy (non-hydrogen) atoms. The summed E-state index contributed by atoms with van der Waals surface area (Å²) in [5.74, 6) is -0.355. The first-order valence-electron chi connectivity index (χ1n) is 16.2. The molecule has 0 bridgehead atoms. The topological polar surface area (TPSA) is 89.6 Å². The van der Waals surface area contributed by atoms with Gasteiger partial charge in [-0.3, -0.25) is 14.6 Å². The largest absolute Gasteiger partial charge is 0.492 e.